The lowest BCUT2D eigenvalue weighted by atomic mass is 9.75. The number of hydrogen-bond acceptors (Lipinski definition) is 4. The van der Waals surface area contributed by atoms with E-state index >= 15 is 0 Å². The summed E-state index contributed by atoms with van der Waals surface area (Å²) in [6.07, 6.45) is -3.16. The highest BCUT2D eigenvalue weighted by Gasteiger charge is 2.61. The highest BCUT2D eigenvalue weighted by Crippen LogP contribution is 2.57. The maximum absolute atomic E-state index is 12.8. The molecular formula is C16H24F3NO4. The molecule has 24 heavy (non-hydrogen) atoms. The van der Waals surface area contributed by atoms with Gasteiger partial charge in [0, 0.05) is 13.1 Å². The van der Waals surface area contributed by atoms with Crippen LogP contribution < -0.4 is 0 Å². The van der Waals surface area contributed by atoms with Crippen LogP contribution in [0.15, 0.2) is 0 Å². The number of carbonyl (C=O) groups is 2. The molecule has 2 unspecified atom stereocenters. The number of nitrogens with zero attached hydrogens (tertiary/aromatic N) is 1. The lowest BCUT2D eigenvalue weighted by molar-refractivity contribution is -0.251. The smallest absolute Gasteiger partial charge is 0.426 e. The minimum atomic E-state index is -5.02. The first-order valence-electron chi connectivity index (χ1n) is 8.23. The van der Waals surface area contributed by atoms with Crippen LogP contribution in [0, 0.1) is 17.3 Å². The minimum absolute atomic E-state index is 0.0172. The van der Waals surface area contributed by atoms with Gasteiger partial charge < -0.3 is 14.7 Å². The predicted molar refractivity (Wildman–Crippen MR) is 78.8 cm³/mol. The first-order valence-corrected chi connectivity index (χ1v) is 8.23. The molecule has 1 saturated heterocycles. The number of rotatable bonds is 4. The second kappa shape index (κ2) is 6.20. The summed E-state index contributed by atoms with van der Waals surface area (Å²) >= 11 is 0. The summed E-state index contributed by atoms with van der Waals surface area (Å²) in [7, 11) is 0. The van der Waals surface area contributed by atoms with Crippen molar-refractivity contribution < 1.29 is 32.6 Å². The van der Waals surface area contributed by atoms with Crippen LogP contribution in [0.3, 0.4) is 0 Å². The van der Waals surface area contributed by atoms with Crippen molar-refractivity contribution in [3.05, 3.63) is 0 Å². The van der Waals surface area contributed by atoms with E-state index in [1.807, 2.05) is 6.92 Å². The van der Waals surface area contributed by atoms with Gasteiger partial charge in [0.1, 0.15) is 0 Å². The molecule has 0 aromatic rings. The minimum Gasteiger partial charge on any atom is -0.466 e. The first-order chi connectivity index (χ1) is 11.0. The molecule has 138 valence electrons. The molecule has 0 aromatic carbocycles. The third-order valence-electron chi connectivity index (χ3n) is 5.34. The first kappa shape index (κ1) is 19.0. The predicted octanol–water partition coefficient (Wildman–Crippen LogP) is 2.13. The van der Waals surface area contributed by atoms with Crippen molar-refractivity contribution in [2.24, 2.45) is 17.3 Å². The Morgan fingerprint density at radius 3 is 2.33 bits per heavy atom. The third-order valence-corrected chi connectivity index (χ3v) is 5.34. The third kappa shape index (κ3) is 3.12. The van der Waals surface area contributed by atoms with Gasteiger partial charge in [-0.1, -0.05) is 6.92 Å². The number of esters is 1. The molecule has 1 amide bonds. The summed E-state index contributed by atoms with van der Waals surface area (Å²) in [5.74, 6) is -1.74. The average Bonchev–Trinajstić information content (AvgIpc) is 3.27. The summed E-state index contributed by atoms with van der Waals surface area (Å²) < 4.78 is 43.7. The Bertz CT molecular complexity index is 514. The van der Waals surface area contributed by atoms with Gasteiger partial charge in [-0.2, -0.15) is 13.2 Å². The number of likely N-dealkylation sites (tertiary alicyclic amines) is 1. The van der Waals surface area contributed by atoms with Crippen LogP contribution in [0.25, 0.3) is 0 Å². The van der Waals surface area contributed by atoms with E-state index in [4.69, 9.17) is 4.74 Å². The van der Waals surface area contributed by atoms with Crippen molar-refractivity contribution in [3.63, 3.8) is 0 Å². The highest BCUT2D eigenvalue weighted by molar-refractivity contribution is 5.86. The molecule has 1 saturated carbocycles. The largest absolute Gasteiger partial charge is 0.466 e. The van der Waals surface area contributed by atoms with Crippen LogP contribution in [-0.2, 0) is 14.3 Å². The Balaban J connectivity index is 2.06. The average molecular weight is 351 g/mol. The molecule has 3 atom stereocenters. The van der Waals surface area contributed by atoms with Gasteiger partial charge in [-0.25, -0.2) is 0 Å². The van der Waals surface area contributed by atoms with E-state index in [1.54, 1.807) is 6.92 Å². The molecule has 1 heterocycles. The van der Waals surface area contributed by atoms with Crippen LogP contribution in [0.5, 0.6) is 0 Å². The topological polar surface area (TPSA) is 66.8 Å². The number of carbonyl (C=O) groups excluding carboxylic acids is 2. The van der Waals surface area contributed by atoms with Crippen molar-refractivity contribution in [1.29, 1.82) is 0 Å². The van der Waals surface area contributed by atoms with E-state index in [0.717, 1.165) is 17.7 Å². The van der Waals surface area contributed by atoms with Gasteiger partial charge in [0.25, 0.3) is 5.91 Å². The second-order valence-corrected chi connectivity index (χ2v) is 7.07. The molecule has 0 radical (unpaired) electrons. The molecule has 8 heteroatoms. The quantitative estimate of drug-likeness (QED) is 0.788. The second-order valence-electron chi connectivity index (χ2n) is 7.07. The van der Waals surface area contributed by atoms with Crippen molar-refractivity contribution in [2.75, 3.05) is 19.7 Å². The Kier molecular flexibility index (Phi) is 4.92. The summed E-state index contributed by atoms with van der Waals surface area (Å²) in [5, 5.41) is 9.56. The van der Waals surface area contributed by atoms with Crippen molar-refractivity contribution in [1.82, 2.24) is 4.90 Å². The SMILES string of the molecule is CCOC(=O)C1(C2CCN(C(=O)[C@@](C)(O)C(F)(F)F)CC2C)CC1. The Hall–Kier alpha value is -1.31. The zero-order valence-electron chi connectivity index (χ0n) is 14.2. The van der Waals surface area contributed by atoms with Gasteiger partial charge in [-0.3, -0.25) is 9.59 Å². The fraction of sp³-hybridized carbons (Fsp3) is 0.875. The molecule has 1 N–H and O–H groups in total. The maximum Gasteiger partial charge on any atom is 0.426 e. The number of hydrogen-bond donors (Lipinski definition) is 1. The lowest BCUT2D eigenvalue weighted by Crippen LogP contribution is -2.59. The van der Waals surface area contributed by atoms with Crippen LogP contribution in [0.1, 0.15) is 40.0 Å². The monoisotopic (exact) mass is 351 g/mol. The van der Waals surface area contributed by atoms with Gasteiger partial charge in [0.15, 0.2) is 0 Å². The number of alkyl halides is 3. The van der Waals surface area contributed by atoms with E-state index in [2.05, 4.69) is 0 Å². The summed E-state index contributed by atoms with van der Waals surface area (Å²) in [6, 6.07) is 0. The molecular weight excluding hydrogens is 327 g/mol. The van der Waals surface area contributed by atoms with Crippen molar-refractivity contribution in [2.45, 2.75) is 51.8 Å². The number of piperidine rings is 1. The van der Waals surface area contributed by atoms with Crippen molar-refractivity contribution in [3.8, 4) is 0 Å². The van der Waals surface area contributed by atoms with E-state index < -0.39 is 23.1 Å². The zero-order valence-corrected chi connectivity index (χ0v) is 14.2. The van der Waals surface area contributed by atoms with Gasteiger partial charge in [-0.05, 0) is 44.9 Å². The van der Waals surface area contributed by atoms with Gasteiger partial charge in [0.05, 0.1) is 12.0 Å². The fourth-order valence-electron chi connectivity index (χ4n) is 3.72. The number of amides is 1. The molecule has 2 rings (SSSR count). The molecule has 2 aliphatic rings. The molecule has 0 aromatic heterocycles. The van der Waals surface area contributed by atoms with Gasteiger partial charge in [-0.15, -0.1) is 0 Å². The van der Waals surface area contributed by atoms with E-state index in [-0.39, 0.29) is 30.9 Å². The lowest BCUT2D eigenvalue weighted by Gasteiger charge is -2.42. The standard InChI is InChI=1S/C16H24F3NO4/c1-4-24-13(22)15(6-7-15)11-5-8-20(9-10(11)2)12(21)14(3,23)16(17,18)19/h10-11,23H,4-9H2,1-3H3/t10?,11?,14-/m1/s1. The van der Waals surface area contributed by atoms with E-state index in [9.17, 15) is 27.9 Å². The van der Waals surface area contributed by atoms with Crippen LogP contribution in [0.4, 0.5) is 13.2 Å². The van der Waals surface area contributed by atoms with Crippen molar-refractivity contribution >= 4 is 11.9 Å². The number of halogens is 3. The summed E-state index contributed by atoms with van der Waals surface area (Å²) in [6.45, 7) is 4.52. The molecule has 0 bridgehead atoms. The van der Waals surface area contributed by atoms with E-state index in [1.165, 1.54) is 0 Å². The Morgan fingerprint density at radius 2 is 1.92 bits per heavy atom. The number of aliphatic hydroxyl groups is 1. The summed E-state index contributed by atoms with van der Waals surface area (Å²) in [5.41, 5.74) is -3.94. The Morgan fingerprint density at radius 1 is 1.33 bits per heavy atom. The van der Waals surface area contributed by atoms with Gasteiger partial charge >= 0.3 is 12.1 Å². The fourth-order valence-corrected chi connectivity index (χ4v) is 3.72. The molecule has 2 fully saturated rings. The van der Waals surface area contributed by atoms with E-state index in [0.29, 0.717) is 20.0 Å². The molecule has 1 aliphatic carbocycles. The Labute approximate surface area is 139 Å². The zero-order chi connectivity index (χ0) is 18.3. The molecule has 1 aliphatic heterocycles. The molecule has 0 spiro atoms. The highest BCUT2D eigenvalue weighted by atomic mass is 19.4. The van der Waals surface area contributed by atoms with Crippen LogP contribution in [-0.4, -0.2) is 53.4 Å². The normalized spacial score (nSPS) is 28.9. The van der Waals surface area contributed by atoms with Gasteiger partial charge in [0.2, 0.25) is 5.60 Å². The number of ether oxygens (including phenoxy) is 1. The molecule has 5 nitrogen and oxygen atoms in total. The maximum atomic E-state index is 12.8. The summed E-state index contributed by atoms with van der Waals surface area (Å²) in [4.78, 5) is 25.3. The van der Waals surface area contributed by atoms with Crippen LogP contribution in [0.2, 0.25) is 0 Å². The van der Waals surface area contributed by atoms with Crippen LogP contribution >= 0.6 is 0 Å².